The predicted molar refractivity (Wildman–Crippen MR) is 65.8 cm³/mol. The van der Waals surface area contributed by atoms with Gasteiger partial charge in [0.15, 0.2) is 0 Å². The van der Waals surface area contributed by atoms with Crippen molar-refractivity contribution in [2.24, 2.45) is 0 Å². The molecule has 0 aliphatic rings. The van der Waals surface area contributed by atoms with Gasteiger partial charge in [0.05, 0.1) is 0 Å². The van der Waals surface area contributed by atoms with E-state index in [1.807, 2.05) is 0 Å². The SMILES string of the molecule is C=CC(C)(C)OC(=O)Nc1ccc(Cl)cc1. The Morgan fingerprint density at radius 1 is 1.44 bits per heavy atom. The largest absolute Gasteiger partial charge is 0.439 e. The summed E-state index contributed by atoms with van der Waals surface area (Å²) in [6.45, 7) is 7.08. The number of benzene rings is 1. The van der Waals surface area contributed by atoms with Crippen molar-refractivity contribution in [1.29, 1.82) is 0 Å². The van der Waals surface area contributed by atoms with Crippen molar-refractivity contribution in [2.75, 3.05) is 5.32 Å². The Morgan fingerprint density at radius 2 is 2.00 bits per heavy atom. The highest BCUT2D eigenvalue weighted by atomic mass is 35.5. The molecule has 1 N–H and O–H groups in total. The summed E-state index contributed by atoms with van der Waals surface area (Å²) in [6.07, 6.45) is 1.04. The summed E-state index contributed by atoms with van der Waals surface area (Å²) in [4.78, 5) is 11.5. The van der Waals surface area contributed by atoms with E-state index in [0.717, 1.165) is 0 Å². The maximum atomic E-state index is 11.5. The predicted octanol–water partition coefficient (Wildman–Crippen LogP) is 3.85. The first-order valence-electron chi connectivity index (χ1n) is 4.82. The molecule has 0 atom stereocenters. The Balaban J connectivity index is 2.58. The van der Waals surface area contributed by atoms with Crippen LogP contribution in [0.15, 0.2) is 36.9 Å². The van der Waals surface area contributed by atoms with Gasteiger partial charge in [-0.15, -0.1) is 0 Å². The van der Waals surface area contributed by atoms with Crippen LogP contribution in [0.1, 0.15) is 13.8 Å². The molecule has 1 rings (SSSR count). The number of halogens is 1. The monoisotopic (exact) mass is 239 g/mol. The summed E-state index contributed by atoms with van der Waals surface area (Å²) in [7, 11) is 0. The van der Waals surface area contributed by atoms with Gasteiger partial charge in [0.25, 0.3) is 0 Å². The smallest absolute Gasteiger partial charge is 0.412 e. The molecule has 0 fully saturated rings. The van der Waals surface area contributed by atoms with E-state index in [9.17, 15) is 4.79 Å². The van der Waals surface area contributed by atoms with Gasteiger partial charge in [0, 0.05) is 10.7 Å². The van der Waals surface area contributed by atoms with Gasteiger partial charge in [-0.1, -0.05) is 18.2 Å². The van der Waals surface area contributed by atoms with Gasteiger partial charge in [0.2, 0.25) is 0 Å². The van der Waals surface area contributed by atoms with Crippen molar-refractivity contribution in [3.05, 3.63) is 41.9 Å². The van der Waals surface area contributed by atoms with E-state index < -0.39 is 11.7 Å². The van der Waals surface area contributed by atoms with E-state index in [-0.39, 0.29) is 0 Å². The molecule has 0 aliphatic carbocycles. The number of rotatable bonds is 3. The zero-order valence-corrected chi connectivity index (χ0v) is 10.0. The standard InChI is InChI=1S/C12H14ClNO2/c1-4-12(2,3)16-11(15)14-10-7-5-9(13)6-8-10/h4-8H,1H2,2-3H3,(H,14,15). The van der Waals surface area contributed by atoms with E-state index >= 15 is 0 Å². The van der Waals surface area contributed by atoms with Gasteiger partial charge in [-0.2, -0.15) is 0 Å². The molecule has 0 spiro atoms. The molecule has 1 aromatic rings. The van der Waals surface area contributed by atoms with Gasteiger partial charge in [-0.05, 0) is 44.2 Å². The van der Waals surface area contributed by atoms with Crippen molar-refractivity contribution < 1.29 is 9.53 Å². The summed E-state index contributed by atoms with van der Waals surface area (Å²) >= 11 is 5.72. The number of amides is 1. The van der Waals surface area contributed by atoms with E-state index in [2.05, 4.69) is 11.9 Å². The van der Waals surface area contributed by atoms with Crippen LogP contribution in [0.25, 0.3) is 0 Å². The molecule has 0 aliphatic heterocycles. The fourth-order valence-corrected chi connectivity index (χ4v) is 1.08. The molecule has 0 saturated carbocycles. The summed E-state index contributed by atoms with van der Waals surface area (Å²) in [5.74, 6) is 0. The van der Waals surface area contributed by atoms with Crippen LogP contribution in [0.4, 0.5) is 10.5 Å². The van der Waals surface area contributed by atoms with Crippen molar-refractivity contribution in [3.63, 3.8) is 0 Å². The summed E-state index contributed by atoms with van der Waals surface area (Å²) < 4.78 is 5.12. The first-order valence-corrected chi connectivity index (χ1v) is 5.20. The highest BCUT2D eigenvalue weighted by Crippen LogP contribution is 2.15. The zero-order valence-electron chi connectivity index (χ0n) is 9.29. The molecule has 0 saturated heterocycles. The number of nitrogens with one attached hydrogen (secondary N) is 1. The van der Waals surface area contributed by atoms with E-state index in [4.69, 9.17) is 16.3 Å². The molecule has 0 aromatic heterocycles. The lowest BCUT2D eigenvalue weighted by Crippen LogP contribution is -2.28. The van der Waals surface area contributed by atoms with Crippen LogP contribution in [0.5, 0.6) is 0 Å². The van der Waals surface area contributed by atoms with Gasteiger partial charge in [0.1, 0.15) is 5.60 Å². The minimum atomic E-state index is -0.684. The second-order valence-electron chi connectivity index (χ2n) is 3.83. The van der Waals surface area contributed by atoms with Crippen LogP contribution in [0, 0.1) is 0 Å². The molecule has 0 heterocycles. The maximum absolute atomic E-state index is 11.5. The number of ether oxygens (including phenoxy) is 1. The van der Waals surface area contributed by atoms with Crippen molar-refractivity contribution in [3.8, 4) is 0 Å². The normalized spacial score (nSPS) is 10.7. The van der Waals surface area contributed by atoms with Gasteiger partial charge in [-0.3, -0.25) is 5.32 Å². The number of anilines is 1. The number of hydrogen-bond donors (Lipinski definition) is 1. The van der Waals surface area contributed by atoms with Crippen molar-refractivity contribution in [2.45, 2.75) is 19.4 Å². The average molecular weight is 240 g/mol. The molecule has 0 unspecified atom stereocenters. The third-order valence-corrected chi connectivity index (χ3v) is 2.19. The Kier molecular flexibility index (Phi) is 3.96. The minimum absolute atomic E-state index is 0.521. The molecular weight excluding hydrogens is 226 g/mol. The molecule has 16 heavy (non-hydrogen) atoms. The van der Waals surface area contributed by atoms with E-state index in [0.29, 0.717) is 10.7 Å². The Bertz CT molecular complexity index is 385. The third-order valence-electron chi connectivity index (χ3n) is 1.94. The van der Waals surface area contributed by atoms with Crippen LogP contribution in [-0.2, 0) is 4.74 Å². The summed E-state index contributed by atoms with van der Waals surface area (Å²) in [6, 6.07) is 6.78. The summed E-state index contributed by atoms with van der Waals surface area (Å²) in [5, 5.41) is 3.21. The average Bonchev–Trinajstić information content (AvgIpc) is 2.21. The minimum Gasteiger partial charge on any atom is -0.439 e. The third kappa shape index (κ3) is 3.95. The molecular formula is C12H14ClNO2. The second kappa shape index (κ2) is 5.03. The van der Waals surface area contributed by atoms with Crippen LogP contribution >= 0.6 is 11.6 Å². The van der Waals surface area contributed by atoms with Crippen molar-refractivity contribution >= 4 is 23.4 Å². The van der Waals surface area contributed by atoms with E-state index in [1.165, 1.54) is 0 Å². The zero-order chi connectivity index (χ0) is 12.2. The van der Waals surface area contributed by atoms with Gasteiger partial charge >= 0.3 is 6.09 Å². The first-order chi connectivity index (χ1) is 7.43. The molecule has 0 radical (unpaired) electrons. The highest BCUT2D eigenvalue weighted by molar-refractivity contribution is 6.30. The Labute approximate surface area is 100 Å². The Hall–Kier alpha value is -1.48. The first kappa shape index (κ1) is 12.6. The second-order valence-corrected chi connectivity index (χ2v) is 4.27. The van der Waals surface area contributed by atoms with Crippen LogP contribution in [-0.4, -0.2) is 11.7 Å². The van der Waals surface area contributed by atoms with Crippen LogP contribution in [0.2, 0.25) is 5.02 Å². The number of carbonyl (C=O) groups excluding carboxylic acids is 1. The maximum Gasteiger partial charge on any atom is 0.412 e. The molecule has 3 nitrogen and oxygen atoms in total. The quantitative estimate of drug-likeness (QED) is 0.814. The van der Waals surface area contributed by atoms with E-state index in [1.54, 1.807) is 44.2 Å². The molecule has 0 bridgehead atoms. The Morgan fingerprint density at radius 3 is 2.50 bits per heavy atom. The van der Waals surface area contributed by atoms with Gasteiger partial charge in [-0.25, -0.2) is 4.79 Å². The molecule has 4 heteroatoms. The molecule has 86 valence electrons. The molecule has 1 aromatic carbocycles. The number of hydrogen-bond acceptors (Lipinski definition) is 2. The molecule has 1 amide bonds. The summed E-state index contributed by atoms with van der Waals surface area (Å²) in [5.41, 5.74) is -0.0504. The fraction of sp³-hybridized carbons (Fsp3) is 0.250. The van der Waals surface area contributed by atoms with Crippen LogP contribution < -0.4 is 5.32 Å². The topological polar surface area (TPSA) is 38.3 Å². The number of carbonyl (C=O) groups is 1. The van der Waals surface area contributed by atoms with Gasteiger partial charge < -0.3 is 4.74 Å². The lowest BCUT2D eigenvalue weighted by molar-refractivity contribution is 0.0843. The highest BCUT2D eigenvalue weighted by Gasteiger charge is 2.18. The fourth-order valence-electron chi connectivity index (χ4n) is 0.957. The van der Waals surface area contributed by atoms with Crippen molar-refractivity contribution in [1.82, 2.24) is 0 Å². The van der Waals surface area contributed by atoms with Crippen LogP contribution in [0.3, 0.4) is 0 Å². The lowest BCUT2D eigenvalue weighted by Gasteiger charge is -2.20. The lowest BCUT2D eigenvalue weighted by atomic mass is 10.1.